The van der Waals surface area contributed by atoms with Gasteiger partial charge in [-0.2, -0.15) is 4.98 Å². The summed E-state index contributed by atoms with van der Waals surface area (Å²) in [7, 11) is 1.30. The SMILES string of the molecule is COC(=O)c1nc2oc1-c1c[nH]c3cccc(c13)-c1cccc3c1N[C@H]1Oc4ccc5cc4C31c1oc(nc1-2)[C@H](C(C)C)NC(=O)[C@@H](CC(=O)C1(O)CCCCC1)C5. The topological polar surface area (TPSA) is 182 Å². The second-order valence-corrected chi connectivity index (χ2v) is 16.7. The number of aromatic nitrogens is 3. The van der Waals surface area contributed by atoms with Crippen LogP contribution in [-0.4, -0.2) is 56.7 Å². The molecule has 13 nitrogen and oxygen atoms in total. The zero-order valence-electron chi connectivity index (χ0n) is 32.2. The maximum absolute atomic E-state index is 14.5. The molecule has 10 bridgehead atoms. The number of aliphatic hydroxyl groups is 1. The van der Waals surface area contributed by atoms with Crippen LogP contribution in [0.4, 0.5) is 5.69 Å². The van der Waals surface area contributed by atoms with E-state index in [1.807, 2.05) is 56.3 Å². The number of H-pyrrole nitrogens is 1. The highest BCUT2D eigenvalue weighted by Crippen LogP contribution is 2.61. The third kappa shape index (κ3) is 4.76. The van der Waals surface area contributed by atoms with Crippen LogP contribution in [0, 0.1) is 11.8 Å². The largest absolute Gasteiger partial charge is 0.469 e. The van der Waals surface area contributed by atoms with Gasteiger partial charge in [0, 0.05) is 57.4 Å². The average Bonchev–Trinajstić information content (AvgIpc) is 4.05. The number of hydrogen-bond acceptors (Lipinski definition) is 11. The summed E-state index contributed by atoms with van der Waals surface area (Å²) >= 11 is 0. The second kappa shape index (κ2) is 12.4. The summed E-state index contributed by atoms with van der Waals surface area (Å²) in [5.74, 6) is -0.932. The quantitative estimate of drug-likeness (QED) is 0.128. The molecule has 1 aliphatic carbocycles. The maximum atomic E-state index is 14.5. The Kier molecular flexibility index (Phi) is 7.48. The molecule has 11 rings (SSSR count). The van der Waals surface area contributed by atoms with Crippen molar-refractivity contribution in [1.82, 2.24) is 20.3 Å². The Morgan fingerprint density at radius 1 is 0.966 bits per heavy atom. The Morgan fingerprint density at radius 2 is 1.78 bits per heavy atom. The number of oxazole rings is 2. The van der Waals surface area contributed by atoms with Gasteiger partial charge in [-0.3, -0.25) is 9.59 Å². The Balaban J connectivity index is 1.20. The number of aromatic amines is 1. The van der Waals surface area contributed by atoms with Gasteiger partial charge in [0.05, 0.1) is 7.11 Å². The van der Waals surface area contributed by atoms with Crippen molar-refractivity contribution in [2.24, 2.45) is 11.8 Å². The van der Waals surface area contributed by atoms with Crippen molar-refractivity contribution in [3.05, 3.63) is 94.8 Å². The van der Waals surface area contributed by atoms with Crippen LogP contribution >= 0.6 is 0 Å². The van der Waals surface area contributed by atoms with Crippen molar-refractivity contribution < 1.29 is 37.8 Å². The molecule has 13 heteroatoms. The first-order valence-corrected chi connectivity index (χ1v) is 20.1. The fourth-order valence-electron chi connectivity index (χ4n) is 10.1. The molecule has 0 radical (unpaired) electrons. The fraction of sp³-hybridized carbons (Fsp3) is 0.356. The molecule has 1 spiro atoms. The zero-order chi connectivity index (χ0) is 39.7. The van der Waals surface area contributed by atoms with Gasteiger partial charge >= 0.3 is 5.97 Å². The van der Waals surface area contributed by atoms with Crippen LogP contribution in [-0.2, 0) is 26.2 Å². The van der Waals surface area contributed by atoms with Gasteiger partial charge in [-0.25, -0.2) is 9.78 Å². The van der Waals surface area contributed by atoms with Crippen molar-refractivity contribution in [3.63, 3.8) is 0 Å². The number of nitrogens with zero attached hydrogens (tertiary/aromatic N) is 2. The molecule has 4 aliphatic heterocycles. The lowest BCUT2D eigenvalue weighted by Crippen LogP contribution is -2.44. The van der Waals surface area contributed by atoms with Gasteiger partial charge in [-0.15, -0.1) is 0 Å². The highest BCUT2D eigenvalue weighted by Gasteiger charge is 2.62. The number of hydrogen-bond donors (Lipinski definition) is 4. The highest BCUT2D eigenvalue weighted by molar-refractivity contribution is 6.10. The predicted octanol–water partition coefficient (Wildman–Crippen LogP) is 7.36. The minimum atomic E-state index is -1.45. The number of amides is 1. The number of methoxy groups -OCH3 is 1. The molecule has 1 unspecified atom stereocenters. The molecule has 4 N–H and O–H groups in total. The van der Waals surface area contributed by atoms with Crippen LogP contribution in [0.15, 0.2) is 69.6 Å². The third-order valence-corrected chi connectivity index (χ3v) is 13.0. The molecule has 1 amide bonds. The normalized spacial score (nSPS) is 23.3. The standard InChI is InChI=1S/C45H41N5O8/c1-21(2)33-40-49-36-38(58-40)45-27-11-7-10-25(24-9-8-12-29-32(24)26(20-46-29)37-35(42(53)55-3)48-41(36)57-37)34(27)50-43(45)56-30-14-13-22(18-28(30)45)17-23(39(52)47-33)19-31(51)44(54)15-5-4-6-16-44/h7-14,18,20-21,23,33,43,46,50,54H,4-6,15-17,19H2,1-3H3,(H,47,52)/t23-,33+,43+,45?/m1/s1. The molecule has 294 valence electrons. The van der Waals surface area contributed by atoms with Crippen molar-refractivity contribution in [2.75, 3.05) is 12.4 Å². The van der Waals surface area contributed by atoms with Crippen molar-refractivity contribution in [1.29, 1.82) is 0 Å². The van der Waals surface area contributed by atoms with E-state index in [9.17, 15) is 19.5 Å². The lowest BCUT2D eigenvalue weighted by molar-refractivity contribution is -0.144. The van der Waals surface area contributed by atoms with E-state index in [0.717, 1.165) is 63.7 Å². The number of benzene rings is 3. The first-order valence-electron chi connectivity index (χ1n) is 20.1. The number of ketones is 1. The van der Waals surface area contributed by atoms with Gasteiger partial charge in [0.2, 0.25) is 17.7 Å². The Morgan fingerprint density at radius 3 is 2.59 bits per heavy atom. The van der Waals surface area contributed by atoms with Gasteiger partial charge in [-0.1, -0.05) is 75.6 Å². The Bertz CT molecular complexity index is 2740. The van der Waals surface area contributed by atoms with Gasteiger partial charge in [-0.05, 0) is 48.4 Å². The average molecular weight is 780 g/mol. The molecule has 3 aromatic carbocycles. The number of carbonyl (C=O) groups is 3. The first kappa shape index (κ1) is 35.0. The van der Waals surface area contributed by atoms with E-state index in [4.69, 9.17) is 28.3 Å². The Labute approximate surface area is 332 Å². The van der Waals surface area contributed by atoms with Crippen LogP contribution < -0.4 is 15.4 Å². The number of rotatable bonds is 5. The number of carbonyl (C=O) groups excluding carboxylic acids is 3. The molecule has 4 atom stereocenters. The van der Waals surface area contributed by atoms with Gasteiger partial charge in [0.15, 0.2) is 34.9 Å². The van der Waals surface area contributed by atoms with Crippen LogP contribution in [0.25, 0.3) is 44.9 Å². The number of Topliss-reactive ketones (excluding diaryl/α,β-unsaturated/α-hetero) is 1. The van der Waals surface area contributed by atoms with Gasteiger partial charge < -0.3 is 39.0 Å². The summed E-state index contributed by atoms with van der Waals surface area (Å²) in [4.78, 5) is 55.2. The van der Waals surface area contributed by atoms with Crippen LogP contribution in [0.1, 0.15) is 97.2 Å². The highest BCUT2D eigenvalue weighted by atomic mass is 16.5. The van der Waals surface area contributed by atoms with Gasteiger partial charge in [0.1, 0.15) is 22.8 Å². The van der Waals surface area contributed by atoms with E-state index < -0.39 is 35.2 Å². The molecule has 3 aromatic heterocycles. The van der Waals surface area contributed by atoms with Crippen LogP contribution in [0.3, 0.4) is 0 Å². The number of esters is 1. The van der Waals surface area contributed by atoms with Crippen LogP contribution in [0.5, 0.6) is 5.75 Å². The summed E-state index contributed by atoms with van der Waals surface area (Å²) in [6.45, 7) is 3.92. The molecule has 58 heavy (non-hydrogen) atoms. The molecule has 1 fully saturated rings. The number of anilines is 1. The molecular weight excluding hydrogens is 739 g/mol. The van der Waals surface area contributed by atoms with Gasteiger partial charge in [0.25, 0.3) is 0 Å². The molecule has 7 heterocycles. The van der Waals surface area contributed by atoms with Crippen molar-refractivity contribution in [3.8, 4) is 39.8 Å². The van der Waals surface area contributed by atoms with E-state index in [2.05, 4.69) is 27.8 Å². The minimum absolute atomic E-state index is 0.0280. The monoisotopic (exact) mass is 779 g/mol. The summed E-state index contributed by atoms with van der Waals surface area (Å²) in [6, 6.07) is 17.2. The molecule has 0 saturated heterocycles. The van der Waals surface area contributed by atoms with E-state index >= 15 is 0 Å². The molecule has 1 saturated carbocycles. The van der Waals surface area contributed by atoms with Crippen molar-refractivity contribution in [2.45, 2.75) is 82.1 Å². The summed E-state index contributed by atoms with van der Waals surface area (Å²) in [5.41, 5.74) is 4.13. The molecule has 6 aromatic rings. The minimum Gasteiger partial charge on any atom is -0.469 e. The number of ether oxygens (including phenoxy) is 2. The summed E-state index contributed by atoms with van der Waals surface area (Å²) in [6.07, 6.45) is 4.50. The Hall–Kier alpha value is -6.21. The summed E-state index contributed by atoms with van der Waals surface area (Å²) in [5, 5.41) is 19.2. The maximum Gasteiger partial charge on any atom is 0.360 e. The number of fused-ring (bicyclic) bond motifs is 7. The first-order chi connectivity index (χ1) is 28.1. The lowest BCUT2D eigenvalue weighted by atomic mass is 9.71. The van der Waals surface area contributed by atoms with Crippen molar-refractivity contribution >= 4 is 34.3 Å². The molecular formula is C45H41N5O8. The predicted molar refractivity (Wildman–Crippen MR) is 211 cm³/mol. The smallest absolute Gasteiger partial charge is 0.360 e. The lowest BCUT2D eigenvalue weighted by Gasteiger charge is -2.32. The third-order valence-electron chi connectivity index (χ3n) is 13.0. The van der Waals surface area contributed by atoms with E-state index in [1.54, 1.807) is 6.20 Å². The van der Waals surface area contributed by atoms with E-state index in [0.29, 0.717) is 29.9 Å². The van der Waals surface area contributed by atoms with Crippen LogP contribution in [0.2, 0.25) is 0 Å². The fourth-order valence-corrected chi connectivity index (χ4v) is 10.1. The second-order valence-electron chi connectivity index (χ2n) is 16.7. The summed E-state index contributed by atoms with van der Waals surface area (Å²) < 4.78 is 25.9. The van der Waals surface area contributed by atoms with E-state index in [-0.39, 0.29) is 59.4 Å². The number of para-hydroxylation sites is 1. The van der Waals surface area contributed by atoms with E-state index in [1.165, 1.54) is 7.11 Å². The number of nitrogens with one attached hydrogen (secondary N) is 3. The molecule has 5 aliphatic rings. The zero-order valence-corrected chi connectivity index (χ0v) is 32.2.